The van der Waals surface area contributed by atoms with E-state index in [2.05, 4.69) is 47.7 Å². The van der Waals surface area contributed by atoms with Crippen LogP contribution in [0, 0.1) is 0 Å². The minimum Gasteiger partial charge on any atom is -0.309 e. The Bertz CT molecular complexity index is 374. The molecule has 1 rings (SSSR count). The maximum atomic E-state index is 6.36. The largest absolute Gasteiger partial charge is 0.309 e. The highest BCUT2D eigenvalue weighted by Crippen LogP contribution is 2.25. The third-order valence-electron chi connectivity index (χ3n) is 3.68. The topological polar surface area (TPSA) is 33.1 Å². The average Bonchev–Trinajstić information content (AvgIpc) is 2.80. The quantitative estimate of drug-likeness (QED) is 0.719. The molecule has 116 valence electrons. The molecular formula is C15H29ClN4. The Labute approximate surface area is 128 Å². The van der Waals surface area contributed by atoms with Gasteiger partial charge in [0.05, 0.1) is 23.0 Å². The molecule has 0 aromatic carbocycles. The summed E-state index contributed by atoms with van der Waals surface area (Å²) in [5.41, 5.74) is 1.14. The summed E-state index contributed by atoms with van der Waals surface area (Å²) in [6.45, 7) is 13.9. The summed E-state index contributed by atoms with van der Waals surface area (Å²) >= 11 is 6.36. The second-order valence-electron chi connectivity index (χ2n) is 5.03. The Hall–Kier alpha value is -0.580. The molecule has 0 aliphatic rings. The standard InChI is InChI=1S/C15H29ClN4/c1-5-10-20-15(13(16)12-18-20)14(17-6-2)9-11-19(7-3)8-4/h12,14,17H,5-11H2,1-4H3. The van der Waals surface area contributed by atoms with Gasteiger partial charge in [0.15, 0.2) is 0 Å². The van der Waals surface area contributed by atoms with E-state index in [1.165, 1.54) is 0 Å². The fourth-order valence-corrected chi connectivity index (χ4v) is 2.81. The molecule has 4 nitrogen and oxygen atoms in total. The van der Waals surface area contributed by atoms with E-state index in [0.29, 0.717) is 0 Å². The van der Waals surface area contributed by atoms with Crippen LogP contribution in [-0.2, 0) is 6.54 Å². The number of nitrogens with zero attached hydrogens (tertiary/aromatic N) is 3. The molecule has 0 spiro atoms. The molecule has 0 amide bonds. The number of aromatic nitrogens is 2. The summed E-state index contributed by atoms with van der Waals surface area (Å²) in [7, 11) is 0. The number of aryl methyl sites for hydroxylation is 1. The fourth-order valence-electron chi connectivity index (χ4n) is 2.54. The lowest BCUT2D eigenvalue weighted by Gasteiger charge is -2.24. The summed E-state index contributed by atoms with van der Waals surface area (Å²) in [4.78, 5) is 2.44. The molecule has 1 heterocycles. The van der Waals surface area contributed by atoms with Gasteiger partial charge in [0.1, 0.15) is 0 Å². The predicted octanol–water partition coefficient (Wildman–Crippen LogP) is 3.33. The summed E-state index contributed by atoms with van der Waals surface area (Å²) in [6, 6.07) is 0.280. The van der Waals surface area contributed by atoms with Crippen LogP contribution < -0.4 is 5.32 Å². The summed E-state index contributed by atoms with van der Waals surface area (Å²) < 4.78 is 2.05. The Morgan fingerprint density at radius 3 is 2.55 bits per heavy atom. The molecule has 0 aliphatic heterocycles. The van der Waals surface area contributed by atoms with Crippen molar-refractivity contribution in [2.24, 2.45) is 0 Å². The van der Waals surface area contributed by atoms with Gasteiger partial charge in [-0.1, -0.05) is 39.3 Å². The molecule has 1 aromatic rings. The highest BCUT2D eigenvalue weighted by Gasteiger charge is 2.19. The number of hydrogen-bond acceptors (Lipinski definition) is 3. The minimum absolute atomic E-state index is 0.280. The zero-order valence-corrected chi connectivity index (χ0v) is 14.1. The van der Waals surface area contributed by atoms with Crippen molar-refractivity contribution in [3.8, 4) is 0 Å². The van der Waals surface area contributed by atoms with Crippen molar-refractivity contribution >= 4 is 11.6 Å². The van der Waals surface area contributed by atoms with Gasteiger partial charge in [0, 0.05) is 6.54 Å². The number of hydrogen-bond donors (Lipinski definition) is 1. The minimum atomic E-state index is 0.280. The molecule has 0 saturated heterocycles. The van der Waals surface area contributed by atoms with Gasteiger partial charge >= 0.3 is 0 Å². The molecule has 20 heavy (non-hydrogen) atoms. The van der Waals surface area contributed by atoms with Gasteiger partial charge < -0.3 is 10.2 Å². The molecule has 1 atom stereocenters. The molecule has 0 aliphatic carbocycles. The van der Waals surface area contributed by atoms with Gasteiger partial charge in [-0.2, -0.15) is 5.10 Å². The first-order valence-electron chi connectivity index (χ1n) is 7.84. The van der Waals surface area contributed by atoms with Crippen LogP contribution in [-0.4, -0.2) is 40.9 Å². The van der Waals surface area contributed by atoms with Crippen LogP contribution in [0.5, 0.6) is 0 Å². The number of rotatable bonds is 10. The normalized spacial score (nSPS) is 13.1. The molecule has 1 unspecified atom stereocenters. The lowest BCUT2D eigenvalue weighted by atomic mass is 10.1. The molecule has 5 heteroatoms. The van der Waals surface area contributed by atoms with Crippen LogP contribution in [0.2, 0.25) is 5.02 Å². The maximum absolute atomic E-state index is 6.36. The van der Waals surface area contributed by atoms with Gasteiger partial charge in [0.2, 0.25) is 0 Å². The van der Waals surface area contributed by atoms with Gasteiger partial charge in [0.25, 0.3) is 0 Å². The second-order valence-corrected chi connectivity index (χ2v) is 5.43. The zero-order valence-electron chi connectivity index (χ0n) is 13.3. The van der Waals surface area contributed by atoms with Gasteiger partial charge in [-0.25, -0.2) is 0 Å². The third-order valence-corrected chi connectivity index (χ3v) is 3.97. The highest BCUT2D eigenvalue weighted by molar-refractivity contribution is 6.31. The molecule has 0 fully saturated rings. The fraction of sp³-hybridized carbons (Fsp3) is 0.800. The lowest BCUT2D eigenvalue weighted by Crippen LogP contribution is -2.30. The monoisotopic (exact) mass is 300 g/mol. The van der Waals surface area contributed by atoms with Gasteiger partial charge in [-0.05, 0) is 39.0 Å². The van der Waals surface area contributed by atoms with Crippen molar-refractivity contribution in [3.05, 3.63) is 16.9 Å². The Morgan fingerprint density at radius 1 is 1.30 bits per heavy atom. The SMILES string of the molecule is CCCn1ncc(Cl)c1C(CCN(CC)CC)NCC. The maximum Gasteiger partial charge on any atom is 0.0834 e. The molecule has 0 radical (unpaired) electrons. The van der Waals surface area contributed by atoms with Crippen LogP contribution in [0.4, 0.5) is 0 Å². The van der Waals surface area contributed by atoms with Crippen LogP contribution in [0.3, 0.4) is 0 Å². The van der Waals surface area contributed by atoms with Crippen molar-refractivity contribution in [1.82, 2.24) is 20.0 Å². The predicted molar refractivity (Wildman–Crippen MR) is 86.4 cm³/mol. The van der Waals surface area contributed by atoms with Gasteiger partial charge in [-0.3, -0.25) is 4.68 Å². The Balaban J connectivity index is 2.81. The highest BCUT2D eigenvalue weighted by atomic mass is 35.5. The van der Waals surface area contributed by atoms with Crippen molar-refractivity contribution in [2.45, 2.75) is 53.1 Å². The van der Waals surface area contributed by atoms with Crippen LogP contribution in [0.15, 0.2) is 6.20 Å². The molecule has 1 N–H and O–H groups in total. The summed E-state index contributed by atoms with van der Waals surface area (Å²) in [6.07, 6.45) is 3.90. The van der Waals surface area contributed by atoms with Crippen molar-refractivity contribution in [3.63, 3.8) is 0 Å². The van der Waals surface area contributed by atoms with Crippen molar-refractivity contribution < 1.29 is 0 Å². The van der Waals surface area contributed by atoms with E-state index in [1.807, 2.05) is 0 Å². The Morgan fingerprint density at radius 2 is 2.00 bits per heavy atom. The van der Waals surface area contributed by atoms with E-state index in [9.17, 15) is 0 Å². The van der Waals surface area contributed by atoms with Crippen LogP contribution in [0.1, 0.15) is 52.3 Å². The number of nitrogens with one attached hydrogen (secondary N) is 1. The first-order valence-corrected chi connectivity index (χ1v) is 8.22. The average molecular weight is 301 g/mol. The van der Waals surface area contributed by atoms with E-state index < -0.39 is 0 Å². The summed E-state index contributed by atoms with van der Waals surface area (Å²) in [5, 5.41) is 8.74. The van der Waals surface area contributed by atoms with E-state index in [0.717, 1.165) is 56.3 Å². The first-order chi connectivity index (χ1) is 9.67. The van der Waals surface area contributed by atoms with Crippen LogP contribution >= 0.6 is 11.6 Å². The van der Waals surface area contributed by atoms with E-state index >= 15 is 0 Å². The molecular weight excluding hydrogens is 272 g/mol. The molecule has 0 saturated carbocycles. The van der Waals surface area contributed by atoms with Crippen molar-refractivity contribution in [1.29, 1.82) is 0 Å². The lowest BCUT2D eigenvalue weighted by molar-refractivity contribution is 0.279. The first kappa shape index (κ1) is 17.5. The number of halogens is 1. The van der Waals surface area contributed by atoms with E-state index in [4.69, 9.17) is 11.6 Å². The third kappa shape index (κ3) is 4.76. The molecule has 1 aromatic heterocycles. The summed E-state index contributed by atoms with van der Waals surface area (Å²) in [5.74, 6) is 0. The van der Waals surface area contributed by atoms with Gasteiger partial charge in [-0.15, -0.1) is 0 Å². The second kappa shape index (κ2) is 9.37. The van der Waals surface area contributed by atoms with Crippen LogP contribution in [0.25, 0.3) is 0 Å². The van der Waals surface area contributed by atoms with E-state index in [-0.39, 0.29) is 6.04 Å². The zero-order chi connectivity index (χ0) is 15.0. The molecule has 0 bridgehead atoms. The van der Waals surface area contributed by atoms with Crippen molar-refractivity contribution in [2.75, 3.05) is 26.2 Å². The smallest absolute Gasteiger partial charge is 0.0834 e. The van der Waals surface area contributed by atoms with E-state index in [1.54, 1.807) is 6.20 Å². The Kier molecular flexibility index (Phi) is 8.19.